The molecule has 1 atom stereocenters. The summed E-state index contributed by atoms with van der Waals surface area (Å²) in [6.45, 7) is 6.37. The average molecular weight is 423 g/mol. The maximum absolute atomic E-state index is 12.4. The smallest absolute Gasteiger partial charge is 0.257 e. The van der Waals surface area contributed by atoms with Crippen molar-refractivity contribution in [1.29, 1.82) is 0 Å². The number of nitrogens with zero attached hydrogens (tertiary/aromatic N) is 3. The highest BCUT2D eigenvalue weighted by molar-refractivity contribution is 5.85. The maximum atomic E-state index is 12.4. The van der Waals surface area contributed by atoms with Gasteiger partial charge in [0.25, 0.3) is 5.56 Å². The Morgan fingerprint density at radius 1 is 1.07 bits per heavy atom. The van der Waals surface area contributed by atoms with Crippen LogP contribution in [0.1, 0.15) is 24.1 Å². The van der Waals surface area contributed by atoms with E-state index in [-0.39, 0.29) is 18.0 Å². The zero-order chi connectivity index (χ0) is 19.8. The van der Waals surface area contributed by atoms with E-state index in [1.54, 1.807) is 12.3 Å². The number of H-pyrrole nitrogens is 1. The molecular formula is C24H27ClN4O. The molecule has 3 heterocycles. The molecule has 3 aromatic rings. The minimum Gasteiger partial charge on any atom is -0.369 e. The predicted molar refractivity (Wildman–Crippen MR) is 126 cm³/mol. The minimum atomic E-state index is -0.0540. The van der Waals surface area contributed by atoms with Crippen molar-refractivity contribution in [3.63, 3.8) is 0 Å². The van der Waals surface area contributed by atoms with Gasteiger partial charge in [0.15, 0.2) is 0 Å². The Bertz CT molecular complexity index is 1110. The lowest BCUT2D eigenvalue weighted by atomic mass is 10.1. The summed E-state index contributed by atoms with van der Waals surface area (Å²) in [5.41, 5.74) is 5.49. The molecule has 5 rings (SSSR count). The molecule has 1 aromatic carbocycles. The van der Waals surface area contributed by atoms with Gasteiger partial charge >= 0.3 is 0 Å². The van der Waals surface area contributed by atoms with E-state index in [9.17, 15) is 4.79 Å². The Balaban J connectivity index is 0.00000218. The van der Waals surface area contributed by atoms with Gasteiger partial charge in [0, 0.05) is 49.8 Å². The Hall–Kier alpha value is -2.63. The first-order chi connectivity index (χ1) is 14.2. The molecule has 2 aromatic heterocycles. The van der Waals surface area contributed by atoms with Crippen LogP contribution in [0.5, 0.6) is 0 Å². The third kappa shape index (κ3) is 4.00. The topological polar surface area (TPSA) is 52.2 Å². The van der Waals surface area contributed by atoms with Gasteiger partial charge in [-0.1, -0.05) is 23.8 Å². The molecule has 1 N–H and O–H groups in total. The van der Waals surface area contributed by atoms with Gasteiger partial charge in [-0.3, -0.25) is 14.7 Å². The van der Waals surface area contributed by atoms with E-state index in [0.29, 0.717) is 11.4 Å². The summed E-state index contributed by atoms with van der Waals surface area (Å²) in [4.78, 5) is 24.9. The molecule has 0 radical (unpaired) electrons. The number of aromatic nitrogens is 2. The van der Waals surface area contributed by atoms with Crippen LogP contribution in [0.25, 0.3) is 16.5 Å². The van der Waals surface area contributed by atoms with Crippen molar-refractivity contribution in [3.8, 4) is 0 Å². The standard InChI is InChI=1S/C24H26N4O.ClH/c1-17-4-7-19(8-5-17)27-11-13-28(14-12-27)20-9-6-18(15-20)22-16-23-21(24(29)26-22)3-2-10-25-23;/h2-5,7-8,10,15-16,20H,6,9,11-14H2,1H3,(H,26,29);1H/t20-;/m1./s1. The molecule has 0 amide bonds. The Morgan fingerprint density at radius 2 is 1.83 bits per heavy atom. The Morgan fingerprint density at radius 3 is 2.60 bits per heavy atom. The van der Waals surface area contributed by atoms with Gasteiger partial charge in [0.1, 0.15) is 0 Å². The van der Waals surface area contributed by atoms with Gasteiger partial charge in [-0.25, -0.2) is 0 Å². The number of halogens is 1. The Kier molecular flexibility index (Phi) is 5.93. The monoisotopic (exact) mass is 422 g/mol. The number of pyridine rings is 2. The summed E-state index contributed by atoms with van der Waals surface area (Å²) in [5.74, 6) is 0. The number of piperazine rings is 1. The maximum Gasteiger partial charge on any atom is 0.257 e. The van der Waals surface area contributed by atoms with Crippen LogP contribution in [-0.2, 0) is 0 Å². The second-order valence-electron chi connectivity index (χ2n) is 8.10. The van der Waals surface area contributed by atoms with Crippen LogP contribution in [-0.4, -0.2) is 47.1 Å². The second kappa shape index (κ2) is 8.62. The largest absolute Gasteiger partial charge is 0.369 e. The Labute approximate surface area is 182 Å². The number of allylic oxidation sites excluding steroid dienone is 1. The first-order valence-corrected chi connectivity index (χ1v) is 10.4. The third-order valence-electron chi connectivity index (χ3n) is 6.24. The van der Waals surface area contributed by atoms with E-state index in [0.717, 1.165) is 50.2 Å². The molecular weight excluding hydrogens is 396 g/mol. The van der Waals surface area contributed by atoms with Gasteiger partial charge in [-0.15, -0.1) is 12.4 Å². The summed E-state index contributed by atoms with van der Waals surface area (Å²) in [7, 11) is 0. The first-order valence-electron chi connectivity index (χ1n) is 10.4. The summed E-state index contributed by atoms with van der Waals surface area (Å²) in [6.07, 6.45) is 6.20. The highest BCUT2D eigenvalue weighted by Crippen LogP contribution is 2.31. The molecule has 5 nitrogen and oxygen atoms in total. The van der Waals surface area contributed by atoms with Crippen LogP contribution in [0.4, 0.5) is 5.69 Å². The molecule has 30 heavy (non-hydrogen) atoms. The zero-order valence-corrected chi connectivity index (χ0v) is 18.0. The molecule has 1 fully saturated rings. The highest BCUT2D eigenvalue weighted by Gasteiger charge is 2.27. The number of hydrogen-bond acceptors (Lipinski definition) is 4. The molecule has 0 spiro atoms. The van der Waals surface area contributed by atoms with Crippen LogP contribution in [0, 0.1) is 6.92 Å². The SMILES string of the molecule is Cc1ccc(N2CCN([C@H]3C=C(c4cc5ncccc5c(=O)[nH]4)CC3)CC2)cc1.Cl. The van der Waals surface area contributed by atoms with Crippen molar-refractivity contribution in [2.24, 2.45) is 0 Å². The first kappa shape index (κ1) is 20.6. The van der Waals surface area contributed by atoms with Crippen molar-refractivity contribution in [2.45, 2.75) is 25.8 Å². The number of rotatable bonds is 3. The highest BCUT2D eigenvalue weighted by atomic mass is 35.5. The van der Waals surface area contributed by atoms with Crippen molar-refractivity contribution in [2.75, 3.05) is 31.1 Å². The number of nitrogens with one attached hydrogen (secondary N) is 1. The lowest BCUT2D eigenvalue weighted by molar-refractivity contribution is 0.214. The van der Waals surface area contributed by atoms with Gasteiger partial charge in [0.2, 0.25) is 0 Å². The number of fused-ring (bicyclic) bond motifs is 1. The normalized spacial score (nSPS) is 19.6. The number of aromatic amines is 1. The van der Waals surface area contributed by atoms with E-state index in [4.69, 9.17) is 0 Å². The van der Waals surface area contributed by atoms with Crippen LogP contribution in [0.3, 0.4) is 0 Å². The van der Waals surface area contributed by atoms with E-state index in [1.807, 2.05) is 12.1 Å². The fourth-order valence-electron chi connectivity index (χ4n) is 4.54. The molecule has 0 unspecified atom stereocenters. The van der Waals surface area contributed by atoms with E-state index >= 15 is 0 Å². The van der Waals surface area contributed by atoms with Gasteiger partial charge in [-0.2, -0.15) is 0 Å². The fourth-order valence-corrected chi connectivity index (χ4v) is 4.54. The van der Waals surface area contributed by atoms with Crippen molar-refractivity contribution in [1.82, 2.24) is 14.9 Å². The fraction of sp³-hybridized carbons (Fsp3) is 0.333. The number of aryl methyl sites for hydroxylation is 1. The number of anilines is 1. The number of benzene rings is 1. The van der Waals surface area contributed by atoms with Crippen LogP contribution in [0.15, 0.2) is 59.5 Å². The molecule has 1 aliphatic carbocycles. The van der Waals surface area contributed by atoms with Crippen molar-refractivity contribution >= 4 is 34.6 Å². The molecule has 156 valence electrons. The van der Waals surface area contributed by atoms with E-state index < -0.39 is 0 Å². The summed E-state index contributed by atoms with van der Waals surface area (Å²) in [5, 5.41) is 0.652. The summed E-state index contributed by atoms with van der Waals surface area (Å²) in [6, 6.07) is 14.9. The quantitative estimate of drug-likeness (QED) is 0.692. The number of hydrogen-bond donors (Lipinski definition) is 1. The minimum absolute atomic E-state index is 0. The van der Waals surface area contributed by atoms with Crippen molar-refractivity contribution in [3.05, 3.63) is 76.3 Å². The van der Waals surface area contributed by atoms with E-state index in [2.05, 4.69) is 57.0 Å². The van der Waals surface area contributed by atoms with E-state index in [1.165, 1.54) is 16.8 Å². The molecule has 2 aliphatic rings. The van der Waals surface area contributed by atoms with Crippen LogP contribution in [0.2, 0.25) is 0 Å². The summed E-state index contributed by atoms with van der Waals surface area (Å²) >= 11 is 0. The lowest BCUT2D eigenvalue weighted by Gasteiger charge is -2.38. The van der Waals surface area contributed by atoms with Gasteiger partial charge in [-0.05, 0) is 55.7 Å². The molecule has 6 heteroatoms. The predicted octanol–water partition coefficient (Wildman–Crippen LogP) is 4.02. The molecule has 0 saturated carbocycles. The zero-order valence-electron chi connectivity index (χ0n) is 17.2. The van der Waals surface area contributed by atoms with Crippen molar-refractivity contribution < 1.29 is 0 Å². The second-order valence-corrected chi connectivity index (χ2v) is 8.10. The third-order valence-corrected chi connectivity index (χ3v) is 6.24. The molecule has 1 aliphatic heterocycles. The average Bonchev–Trinajstić information content (AvgIpc) is 3.25. The van der Waals surface area contributed by atoms with Gasteiger partial charge in [0.05, 0.1) is 10.9 Å². The lowest BCUT2D eigenvalue weighted by Crippen LogP contribution is -2.49. The van der Waals surface area contributed by atoms with Crippen LogP contribution < -0.4 is 10.5 Å². The summed E-state index contributed by atoms with van der Waals surface area (Å²) < 4.78 is 0. The van der Waals surface area contributed by atoms with Crippen LogP contribution >= 0.6 is 12.4 Å². The van der Waals surface area contributed by atoms with Gasteiger partial charge < -0.3 is 9.88 Å². The molecule has 1 saturated heterocycles. The molecule has 0 bridgehead atoms.